The van der Waals surface area contributed by atoms with Crippen LogP contribution in [0.1, 0.15) is 0 Å². The number of halogens is 1. The van der Waals surface area contributed by atoms with Crippen molar-refractivity contribution < 1.29 is 0 Å². The molecule has 0 bridgehead atoms. The van der Waals surface area contributed by atoms with Crippen LogP contribution >= 0.6 is 34.3 Å². The Morgan fingerprint density at radius 1 is 1.11 bits per heavy atom. The molecule has 19 heavy (non-hydrogen) atoms. The van der Waals surface area contributed by atoms with Gasteiger partial charge in [-0.2, -0.15) is 0 Å². The van der Waals surface area contributed by atoms with Crippen molar-refractivity contribution in [3.63, 3.8) is 0 Å². The van der Waals surface area contributed by atoms with Crippen molar-refractivity contribution in [2.45, 2.75) is 0 Å². The van der Waals surface area contributed by atoms with Crippen LogP contribution in [-0.4, -0.2) is 9.97 Å². The summed E-state index contributed by atoms with van der Waals surface area (Å²) >= 11 is 9.52. The molecule has 0 unspecified atom stereocenters. The van der Waals surface area contributed by atoms with E-state index >= 15 is 0 Å². The van der Waals surface area contributed by atoms with E-state index in [2.05, 4.69) is 45.7 Å². The lowest BCUT2D eigenvalue weighted by Gasteiger charge is -1.93. The molecule has 3 aromatic heterocycles. The lowest BCUT2D eigenvalue weighted by molar-refractivity contribution is 1.23. The van der Waals surface area contributed by atoms with Gasteiger partial charge >= 0.3 is 0 Å². The minimum atomic E-state index is 0.529. The molecule has 0 N–H and O–H groups in total. The number of hydrogen-bond acceptors (Lipinski definition) is 4. The largest absolute Gasteiger partial charge is 0.235 e. The number of hydrogen-bond donors (Lipinski definition) is 0. The van der Waals surface area contributed by atoms with Crippen LogP contribution in [-0.2, 0) is 0 Å². The summed E-state index contributed by atoms with van der Waals surface area (Å²) in [6.45, 7) is 0. The zero-order chi connectivity index (χ0) is 12.8. The average molecular weight is 303 g/mol. The van der Waals surface area contributed by atoms with E-state index in [0.29, 0.717) is 5.15 Å². The van der Waals surface area contributed by atoms with Gasteiger partial charge in [0.1, 0.15) is 11.5 Å². The standard InChI is InChI=1S/C14H7ClN2S2/c15-14-13-10(16-7-17-14)5-12(19-13)9-6-18-11-4-2-1-3-8(9)11/h1-7H. The number of fused-ring (bicyclic) bond motifs is 2. The van der Waals surface area contributed by atoms with Gasteiger partial charge < -0.3 is 0 Å². The second kappa shape index (κ2) is 4.27. The molecule has 4 rings (SSSR count). The van der Waals surface area contributed by atoms with Crippen LogP contribution in [0.5, 0.6) is 0 Å². The summed E-state index contributed by atoms with van der Waals surface area (Å²) in [4.78, 5) is 9.49. The molecule has 0 aliphatic heterocycles. The first kappa shape index (κ1) is 11.3. The smallest absolute Gasteiger partial charge is 0.150 e. The topological polar surface area (TPSA) is 25.8 Å². The van der Waals surface area contributed by atoms with Crippen LogP contribution < -0.4 is 0 Å². The Morgan fingerprint density at radius 3 is 2.89 bits per heavy atom. The summed E-state index contributed by atoms with van der Waals surface area (Å²) in [5.41, 5.74) is 2.16. The molecular weight excluding hydrogens is 296 g/mol. The van der Waals surface area contributed by atoms with Crippen molar-refractivity contribution in [3.8, 4) is 10.4 Å². The molecule has 5 heteroatoms. The quantitative estimate of drug-likeness (QED) is 0.450. The summed E-state index contributed by atoms with van der Waals surface area (Å²) in [6, 6.07) is 10.5. The molecule has 1 aromatic carbocycles. The number of aromatic nitrogens is 2. The van der Waals surface area contributed by atoms with Gasteiger partial charge in [-0.05, 0) is 12.1 Å². The van der Waals surface area contributed by atoms with Gasteiger partial charge in [0, 0.05) is 25.9 Å². The zero-order valence-electron chi connectivity index (χ0n) is 9.63. The summed E-state index contributed by atoms with van der Waals surface area (Å²) in [5.74, 6) is 0. The van der Waals surface area contributed by atoms with Crippen molar-refractivity contribution in [1.82, 2.24) is 9.97 Å². The van der Waals surface area contributed by atoms with E-state index in [9.17, 15) is 0 Å². The third-order valence-corrected chi connectivity index (χ3v) is 5.54. The van der Waals surface area contributed by atoms with E-state index in [1.165, 1.54) is 26.9 Å². The van der Waals surface area contributed by atoms with E-state index in [1.54, 1.807) is 22.7 Å². The van der Waals surface area contributed by atoms with Gasteiger partial charge in [0.2, 0.25) is 0 Å². The van der Waals surface area contributed by atoms with Crippen LogP contribution in [0, 0.1) is 0 Å². The van der Waals surface area contributed by atoms with E-state index in [0.717, 1.165) is 10.2 Å². The summed E-state index contributed by atoms with van der Waals surface area (Å²) < 4.78 is 2.25. The van der Waals surface area contributed by atoms with E-state index in [1.807, 2.05) is 0 Å². The fraction of sp³-hybridized carbons (Fsp3) is 0. The molecule has 4 aromatic rings. The Hall–Kier alpha value is -1.49. The van der Waals surface area contributed by atoms with Crippen LogP contribution in [0.4, 0.5) is 0 Å². The molecular formula is C14H7ClN2S2. The SMILES string of the molecule is Clc1ncnc2cc(-c3csc4ccccc34)sc12. The Labute approximate surface area is 122 Å². The highest BCUT2D eigenvalue weighted by atomic mass is 35.5. The highest BCUT2D eigenvalue weighted by Crippen LogP contribution is 2.40. The molecule has 3 heterocycles. The molecule has 0 radical (unpaired) electrons. The predicted molar refractivity (Wildman–Crippen MR) is 83.2 cm³/mol. The van der Waals surface area contributed by atoms with Crippen LogP contribution in [0.25, 0.3) is 30.7 Å². The normalized spacial score (nSPS) is 11.4. The van der Waals surface area contributed by atoms with Gasteiger partial charge in [0.25, 0.3) is 0 Å². The highest BCUT2D eigenvalue weighted by Gasteiger charge is 2.12. The molecule has 0 aliphatic rings. The average Bonchev–Trinajstić information content (AvgIpc) is 3.02. The third-order valence-electron chi connectivity index (χ3n) is 3.01. The fourth-order valence-electron chi connectivity index (χ4n) is 2.13. The molecule has 0 amide bonds. The van der Waals surface area contributed by atoms with Crippen LogP contribution in [0.3, 0.4) is 0 Å². The number of nitrogens with zero attached hydrogens (tertiary/aromatic N) is 2. The van der Waals surface area contributed by atoms with Gasteiger partial charge in [-0.25, -0.2) is 9.97 Å². The second-order valence-corrected chi connectivity index (χ2v) is 6.46. The first-order valence-electron chi connectivity index (χ1n) is 5.69. The van der Waals surface area contributed by atoms with Crippen molar-refractivity contribution in [2.24, 2.45) is 0 Å². The summed E-state index contributed by atoms with van der Waals surface area (Å²) in [5, 5.41) is 4.00. The lowest BCUT2D eigenvalue weighted by atomic mass is 10.1. The van der Waals surface area contributed by atoms with E-state index in [-0.39, 0.29) is 0 Å². The van der Waals surface area contributed by atoms with E-state index < -0.39 is 0 Å². The van der Waals surface area contributed by atoms with Gasteiger partial charge in [0.15, 0.2) is 0 Å². The molecule has 0 saturated heterocycles. The molecule has 0 saturated carbocycles. The first-order chi connectivity index (χ1) is 9.33. The molecule has 0 spiro atoms. The summed E-state index contributed by atoms with van der Waals surface area (Å²) in [7, 11) is 0. The zero-order valence-corrected chi connectivity index (χ0v) is 12.0. The number of benzene rings is 1. The Kier molecular flexibility index (Phi) is 2.55. The Morgan fingerprint density at radius 2 is 2.00 bits per heavy atom. The first-order valence-corrected chi connectivity index (χ1v) is 7.77. The van der Waals surface area contributed by atoms with Gasteiger partial charge in [-0.1, -0.05) is 29.8 Å². The molecule has 0 fully saturated rings. The van der Waals surface area contributed by atoms with Gasteiger partial charge in [-0.15, -0.1) is 22.7 Å². The maximum Gasteiger partial charge on any atom is 0.150 e. The Balaban J connectivity index is 2.02. The van der Waals surface area contributed by atoms with Crippen LogP contribution in [0.2, 0.25) is 5.15 Å². The molecule has 0 aliphatic carbocycles. The van der Waals surface area contributed by atoms with Gasteiger partial charge in [0.05, 0.1) is 10.2 Å². The third kappa shape index (κ3) is 1.75. The second-order valence-electron chi connectivity index (χ2n) is 4.14. The highest BCUT2D eigenvalue weighted by molar-refractivity contribution is 7.23. The molecule has 2 nitrogen and oxygen atoms in total. The number of thiophene rings is 2. The summed E-state index contributed by atoms with van der Waals surface area (Å²) in [6.07, 6.45) is 1.51. The van der Waals surface area contributed by atoms with Crippen molar-refractivity contribution in [3.05, 3.63) is 47.2 Å². The minimum Gasteiger partial charge on any atom is -0.235 e. The predicted octanol–water partition coefficient (Wildman–Crippen LogP) is 5.23. The fourth-order valence-corrected chi connectivity index (χ4v) is 4.44. The van der Waals surface area contributed by atoms with Crippen molar-refractivity contribution in [1.29, 1.82) is 0 Å². The monoisotopic (exact) mass is 302 g/mol. The van der Waals surface area contributed by atoms with E-state index in [4.69, 9.17) is 11.6 Å². The Bertz CT molecular complexity index is 895. The van der Waals surface area contributed by atoms with Crippen molar-refractivity contribution >= 4 is 54.6 Å². The minimum absolute atomic E-state index is 0.529. The lowest BCUT2D eigenvalue weighted by Crippen LogP contribution is -1.76. The maximum atomic E-state index is 6.11. The molecule has 92 valence electrons. The van der Waals surface area contributed by atoms with Crippen LogP contribution in [0.15, 0.2) is 42.0 Å². The van der Waals surface area contributed by atoms with Crippen molar-refractivity contribution in [2.75, 3.05) is 0 Å². The number of rotatable bonds is 1. The maximum absolute atomic E-state index is 6.11. The van der Waals surface area contributed by atoms with Gasteiger partial charge in [-0.3, -0.25) is 0 Å². The molecule has 0 atom stereocenters.